The van der Waals surface area contributed by atoms with Crippen LogP contribution < -0.4 is 5.73 Å². The van der Waals surface area contributed by atoms with Gasteiger partial charge in [0, 0.05) is 12.1 Å². The summed E-state index contributed by atoms with van der Waals surface area (Å²) in [6.45, 7) is 3.51. The van der Waals surface area contributed by atoms with E-state index in [-0.39, 0.29) is 5.70 Å². The first-order valence-electron chi connectivity index (χ1n) is 7.24. The average Bonchev–Trinajstić information content (AvgIpc) is 2.71. The molecule has 0 aliphatic heterocycles. The maximum Gasteiger partial charge on any atom is 0.294 e. The lowest BCUT2D eigenvalue weighted by Crippen LogP contribution is -2.03. The molecule has 1 aliphatic carbocycles. The van der Waals surface area contributed by atoms with Crippen LogP contribution in [0.15, 0.2) is 56.1 Å². The zero-order chi connectivity index (χ0) is 19.7. The van der Waals surface area contributed by atoms with Crippen molar-refractivity contribution in [2.75, 3.05) is 5.73 Å². The van der Waals surface area contributed by atoms with Crippen LogP contribution in [0.1, 0.15) is 17.5 Å². The van der Waals surface area contributed by atoms with E-state index in [4.69, 9.17) is 10.3 Å². The number of hydrogen-bond acceptors (Lipinski definition) is 7. The number of azo groups is 1. The number of rotatable bonds is 4. The second-order valence-electron chi connectivity index (χ2n) is 5.60. The van der Waals surface area contributed by atoms with Crippen molar-refractivity contribution < 1.29 is 25.9 Å². The maximum atomic E-state index is 11.6. The number of anilines is 1. The summed E-state index contributed by atoms with van der Waals surface area (Å²) >= 11 is 0. The quantitative estimate of drug-likeness (QED) is 0.398. The Hall–Kier alpha value is -2.34. The lowest BCUT2D eigenvalue weighted by Gasteiger charge is -2.05. The van der Waals surface area contributed by atoms with Crippen molar-refractivity contribution in [1.82, 2.24) is 0 Å². The second kappa shape index (κ2) is 7.11. The molecular weight excluding hydrogens is 382 g/mol. The highest BCUT2D eigenvalue weighted by Gasteiger charge is 2.22. The molecule has 0 aromatic heterocycles. The van der Waals surface area contributed by atoms with Gasteiger partial charge < -0.3 is 5.73 Å². The molecule has 1 aromatic carbocycles. The summed E-state index contributed by atoms with van der Waals surface area (Å²) in [5, 5.41) is 7.81. The summed E-state index contributed by atoms with van der Waals surface area (Å²) in [7, 11) is -9.20. The molecule has 0 fully saturated rings. The van der Waals surface area contributed by atoms with E-state index in [2.05, 4.69) is 10.2 Å². The van der Waals surface area contributed by atoms with Crippen molar-refractivity contribution in [2.24, 2.45) is 10.2 Å². The molecule has 0 unspecified atom stereocenters. The van der Waals surface area contributed by atoms with E-state index in [9.17, 15) is 21.4 Å². The van der Waals surface area contributed by atoms with Gasteiger partial charge in [-0.3, -0.25) is 9.11 Å². The van der Waals surface area contributed by atoms with Gasteiger partial charge in [0.25, 0.3) is 20.2 Å². The Bertz CT molecular complexity index is 1080. The van der Waals surface area contributed by atoms with Crippen molar-refractivity contribution in [3.63, 3.8) is 0 Å². The number of aryl methyl sites for hydroxylation is 2. The molecule has 0 saturated heterocycles. The Kier molecular flexibility index (Phi) is 5.47. The van der Waals surface area contributed by atoms with E-state index in [0.717, 1.165) is 23.8 Å². The van der Waals surface area contributed by atoms with Crippen molar-refractivity contribution in [3.05, 3.63) is 57.0 Å². The molecule has 0 saturated carbocycles. The molecular formula is C15H17N3O6S2. The molecule has 0 spiro atoms. The molecule has 11 heteroatoms. The highest BCUT2D eigenvalue weighted by atomic mass is 32.2. The molecule has 0 bridgehead atoms. The number of nitrogens with zero attached hydrogens (tertiary/aromatic N) is 2. The van der Waals surface area contributed by atoms with Crippen LogP contribution in [0.4, 0.5) is 11.4 Å². The molecule has 0 amide bonds. The minimum Gasteiger partial charge on any atom is -0.399 e. The lowest BCUT2D eigenvalue weighted by molar-refractivity contribution is 0.487. The van der Waals surface area contributed by atoms with Crippen molar-refractivity contribution >= 4 is 31.6 Å². The molecule has 1 aromatic rings. The molecule has 140 valence electrons. The van der Waals surface area contributed by atoms with Crippen molar-refractivity contribution in [2.45, 2.75) is 20.3 Å². The first-order chi connectivity index (χ1) is 11.9. The Balaban J connectivity index is 2.54. The van der Waals surface area contributed by atoms with Gasteiger partial charge in [-0.05, 0) is 49.3 Å². The van der Waals surface area contributed by atoms with E-state index in [1.165, 1.54) is 0 Å². The van der Waals surface area contributed by atoms with Crippen LogP contribution >= 0.6 is 0 Å². The third kappa shape index (κ3) is 4.64. The predicted molar refractivity (Wildman–Crippen MR) is 96.8 cm³/mol. The summed E-state index contributed by atoms with van der Waals surface area (Å²) in [5.74, 6) is 0. The van der Waals surface area contributed by atoms with Crippen LogP contribution in [0.25, 0.3) is 0 Å². The number of nitrogens with two attached hydrogens (primary N) is 1. The van der Waals surface area contributed by atoms with Gasteiger partial charge in [-0.2, -0.15) is 21.9 Å². The van der Waals surface area contributed by atoms with Crippen molar-refractivity contribution in [3.8, 4) is 0 Å². The standard InChI is InChI=1S/C15H17N3O6S2/c1-9-8-14(10(2)7-12(9)16)18-17-13-5-3-11(25(19,20)21)4-6-15(13)26(22,23)24/h3-5,7-8H,6,16H2,1-2H3,(H,19,20,21)(H,22,23,24). The maximum absolute atomic E-state index is 11.6. The largest absolute Gasteiger partial charge is 0.399 e. The highest BCUT2D eigenvalue weighted by Crippen LogP contribution is 2.29. The molecule has 0 heterocycles. The zero-order valence-corrected chi connectivity index (χ0v) is 15.5. The molecule has 0 atom stereocenters. The number of nitrogen functional groups attached to an aromatic ring is 1. The Morgan fingerprint density at radius 3 is 2.19 bits per heavy atom. The van der Waals surface area contributed by atoms with Gasteiger partial charge in [0.15, 0.2) is 0 Å². The summed E-state index contributed by atoms with van der Waals surface area (Å²) in [5.41, 5.74) is 7.98. The second-order valence-corrected chi connectivity index (χ2v) is 8.46. The minimum atomic E-state index is -4.66. The van der Waals surface area contributed by atoms with Gasteiger partial charge in [-0.1, -0.05) is 6.08 Å². The summed E-state index contributed by atoms with van der Waals surface area (Å²) in [6, 6.07) is 3.34. The fraction of sp³-hybridized carbons (Fsp3) is 0.200. The zero-order valence-electron chi connectivity index (χ0n) is 13.9. The summed E-state index contributed by atoms with van der Waals surface area (Å²) < 4.78 is 64.1. The number of benzene rings is 1. The summed E-state index contributed by atoms with van der Waals surface area (Å²) in [4.78, 5) is -1.05. The van der Waals surface area contributed by atoms with Gasteiger partial charge >= 0.3 is 0 Å². The van der Waals surface area contributed by atoms with Crippen LogP contribution in [-0.4, -0.2) is 25.9 Å². The van der Waals surface area contributed by atoms with E-state index < -0.39 is 36.5 Å². The van der Waals surface area contributed by atoms with Gasteiger partial charge in [0.1, 0.15) is 10.6 Å². The van der Waals surface area contributed by atoms with Gasteiger partial charge in [-0.25, -0.2) is 0 Å². The first kappa shape index (κ1) is 20.0. The number of allylic oxidation sites excluding steroid dienone is 4. The predicted octanol–water partition coefficient (Wildman–Crippen LogP) is 2.80. The molecule has 0 radical (unpaired) electrons. The topological polar surface area (TPSA) is 159 Å². The Labute approximate surface area is 151 Å². The highest BCUT2D eigenvalue weighted by molar-refractivity contribution is 7.90. The molecule has 1 aliphatic rings. The van der Waals surface area contributed by atoms with Crippen LogP contribution in [0.5, 0.6) is 0 Å². The normalized spacial score (nSPS) is 16.1. The average molecular weight is 399 g/mol. The van der Waals surface area contributed by atoms with Gasteiger partial charge in [0.05, 0.1) is 10.6 Å². The lowest BCUT2D eigenvalue weighted by atomic mass is 10.1. The first-order valence-corrected chi connectivity index (χ1v) is 10.1. The Morgan fingerprint density at radius 1 is 0.962 bits per heavy atom. The monoisotopic (exact) mass is 399 g/mol. The SMILES string of the molecule is Cc1cc(N=NC2=C(S(=O)(=O)O)CC=C(S(=O)(=O)O)C=C2)c(C)cc1N. The third-order valence-electron chi connectivity index (χ3n) is 3.64. The fourth-order valence-corrected chi connectivity index (χ4v) is 3.38. The van der Waals surface area contributed by atoms with Crippen LogP contribution in [0, 0.1) is 13.8 Å². The molecule has 4 N–H and O–H groups in total. The minimum absolute atomic E-state index is 0.253. The third-order valence-corrected chi connectivity index (χ3v) is 5.54. The van der Waals surface area contributed by atoms with Crippen LogP contribution in [0.3, 0.4) is 0 Å². The van der Waals surface area contributed by atoms with Crippen molar-refractivity contribution in [1.29, 1.82) is 0 Å². The van der Waals surface area contributed by atoms with E-state index in [1.807, 2.05) is 0 Å². The fourth-order valence-electron chi connectivity index (χ4n) is 2.18. The molecule has 2 rings (SSSR count). The Morgan fingerprint density at radius 2 is 1.62 bits per heavy atom. The molecule has 9 nitrogen and oxygen atoms in total. The van der Waals surface area contributed by atoms with Crippen LogP contribution in [-0.2, 0) is 20.2 Å². The van der Waals surface area contributed by atoms with E-state index in [0.29, 0.717) is 16.9 Å². The smallest absolute Gasteiger partial charge is 0.294 e. The number of hydrogen-bond donors (Lipinski definition) is 3. The van der Waals surface area contributed by atoms with E-state index in [1.54, 1.807) is 26.0 Å². The van der Waals surface area contributed by atoms with Gasteiger partial charge in [-0.15, -0.1) is 5.11 Å². The van der Waals surface area contributed by atoms with E-state index >= 15 is 0 Å². The molecule has 26 heavy (non-hydrogen) atoms. The van der Waals surface area contributed by atoms with Crippen LogP contribution in [0.2, 0.25) is 0 Å². The van der Waals surface area contributed by atoms with Gasteiger partial charge in [0.2, 0.25) is 0 Å². The summed E-state index contributed by atoms with van der Waals surface area (Å²) in [6.07, 6.45) is 2.49.